The van der Waals surface area contributed by atoms with Crippen LogP contribution in [0.3, 0.4) is 0 Å². The highest BCUT2D eigenvalue weighted by molar-refractivity contribution is 7.41. The van der Waals surface area contributed by atoms with Crippen LogP contribution in [-0.4, -0.2) is 0 Å². The molecule has 0 saturated heterocycles. The third-order valence-corrected chi connectivity index (χ3v) is 1.62. The molecule has 11 heavy (non-hydrogen) atoms. The van der Waals surface area contributed by atoms with Crippen molar-refractivity contribution in [1.29, 1.82) is 5.16 Å². The van der Waals surface area contributed by atoms with Crippen molar-refractivity contribution < 1.29 is 4.89 Å². The Labute approximate surface area is 66.5 Å². The van der Waals surface area contributed by atoms with Gasteiger partial charge >= 0.3 is 0 Å². The minimum atomic E-state index is -1.90. The van der Waals surface area contributed by atoms with Crippen molar-refractivity contribution in [1.82, 2.24) is 0 Å². The fourth-order valence-corrected chi connectivity index (χ4v) is 1.03. The molecule has 0 aliphatic rings. The van der Waals surface area contributed by atoms with E-state index >= 15 is 0 Å². The fraction of sp³-hybridized carbons (Fsp3) is 0. The standard InChI is InChI=1S/C8H8NOP/c9-11(10)7-6-8-4-2-1-3-5-8/h1-7,9H. The Balaban J connectivity index is 2.72. The molecular weight excluding hydrogens is 157 g/mol. The van der Waals surface area contributed by atoms with E-state index in [4.69, 9.17) is 5.16 Å². The second-order valence-corrected chi connectivity index (χ2v) is 3.00. The minimum absolute atomic E-state index is 0.975. The summed E-state index contributed by atoms with van der Waals surface area (Å²) in [4.78, 5) is 10.3. The van der Waals surface area contributed by atoms with Gasteiger partial charge in [0.1, 0.15) is 5.82 Å². The first-order chi connectivity index (χ1) is 5.29. The van der Waals surface area contributed by atoms with E-state index in [0.29, 0.717) is 0 Å². The van der Waals surface area contributed by atoms with Gasteiger partial charge in [-0.3, -0.25) is 0 Å². The molecule has 0 spiro atoms. The molecule has 0 saturated carbocycles. The Morgan fingerprint density at radius 1 is 1.27 bits per heavy atom. The Morgan fingerprint density at radius 3 is 2.45 bits per heavy atom. The van der Waals surface area contributed by atoms with Gasteiger partial charge < -0.3 is 4.89 Å². The van der Waals surface area contributed by atoms with Crippen LogP contribution in [0.1, 0.15) is 5.56 Å². The van der Waals surface area contributed by atoms with Crippen LogP contribution in [0, 0.1) is 5.16 Å². The van der Waals surface area contributed by atoms with Gasteiger partial charge in [-0.05, 0) is 11.6 Å². The third-order valence-electron chi connectivity index (χ3n) is 1.20. The molecule has 3 heteroatoms. The molecule has 0 heterocycles. The second-order valence-electron chi connectivity index (χ2n) is 2.05. The van der Waals surface area contributed by atoms with Crippen molar-refractivity contribution >= 4 is 14.0 Å². The first-order valence-electron chi connectivity index (χ1n) is 3.20. The Morgan fingerprint density at radius 2 is 1.91 bits per heavy atom. The van der Waals surface area contributed by atoms with Crippen molar-refractivity contribution in [2.45, 2.75) is 0 Å². The van der Waals surface area contributed by atoms with Gasteiger partial charge in [-0.2, -0.15) is 0 Å². The van der Waals surface area contributed by atoms with E-state index < -0.39 is 7.94 Å². The van der Waals surface area contributed by atoms with Gasteiger partial charge in [-0.15, -0.1) is 5.16 Å². The molecule has 2 nitrogen and oxygen atoms in total. The second kappa shape index (κ2) is 4.02. The Kier molecular flexibility index (Phi) is 2.96. The highest BCUT2D eigenvalue weighted by atomic mass is 31.1. The lowest BCUT2D eigenvalue weighted by atomic mass is 10.2. The molecule has 1 aromatic rings. The Hall–Kier alpha value is -0.980. The summed E-state index contributed by atoms with van der Waals surface area (Å²) >= 11 is 0. The van der Waals surface area contributed by atoms with Gasteiger partial charge in [0.05, 0.1) is 0 Å². The van der Waals surface area contributed by atoms with E-state index in [9.17, 15) is 4.89 Å². The molecule has 1 rings (SSSR count). The quantitative estimate of drug-likeness (QED) is 0.670. The molecule has 1 aromatic carbocycles. The molecule has 0 aliphatic carbocycles. The van der Waals surface area contributed by atoms with Crippen LogP contribution in [-0.2, 0) is 0 Å². The summed E-state index contributed by atoms with van der Waals surface area (Å²) in [6.45, 7) is 0. The van der Waals surface area contributed by atoms with E-state index in [1.54, 1.807) is 6.08 Å². The molecule has 0 bridgehead atoms. The van der Waals surface area contributed by atoms with Crippen LogP contribution >= 0.6 is 7.94 Å². The summed E-state index contributed by atoms with van der Waals surface area (Å²) in [5, 5.41) is 6.75. The van der Waals surface area contributed by atoms with Gasteiger partial charge in [0, 0.05) is 0 Å². The molecular formula is C8H8NOP. The first-order valence-corrected chi connectivity index (χ1v) is 4.53. The van der Waals surface area contributed by atoms with Crippen LogP contribution in [0.25, 0.3) is 6.08 Å². The molecule has 0 aliphatic heterocycles. The van der Waals surface area contributed by atoms with Gasteiger partial charge in [0.15, 0.2) is 7.94 Å². The maximum atomic E-state index is 10.3. The Bertz CT molecular complexity index is 269. The third kappa shape index (κ3) is 3.08. The highest BCUT2D eigenvalue weighted by Crippen LogP contribution is 2.12. The van der Waals surface area contributed by atoms with Gasteiger partial charge in [0.25, 0.3) is 0 Å². The number of benzene rings is 1. The molecule has 56 valence electrons. The zero-order valence-corrected chi connectivity index (χ0v) is 6.79. The summed E-state index contributed by atoms with van der Waals surface area (Å²) in [6.07, 6.45) is 1.69. The molecule has 0 aromatic heterocycles. The topological polar surface area (TPSA) is 46.9 Å². The average Bonchev–Trinajstić information content (AvgIpc) is 2.03. The lowest BCUT2D eigenvalue weighted by Crippen LogP contribution is -1.78. The number of rotatable bonds is 2. The van der Waals surface area contributed by atoms with Gasteiger partial charge in [-0.25, -0.2) is 0 Å². The van der Waals surface area contributed by atoms with Crippen LogP contribution < -0.4 is 4.89 Å². The highest BCUT2D eigenvalue weighted by Gasteiger charge is 1.85. The largest absolute Gasteiger partial charge is 0.608 e. The predicted octanol–water partition coefficient (Wildman–Crippen LogP) is 2.18. The van der Waals surface area contributed by atoms with E-state index in [-0.39, 0.29) is 0 Å². The summed E-state index contributed by atoms with van der Waals surface area (Å²) in [5.41, 5.74) is 0.975. The van der Waals surface area contributed by atoms with Crippen molar-refractivity contribution in [3.63, 3.8) is 0 Å². The normalized spacial score (nSPS) is 11.9. The molecule has 0 radical (unpaired) electrons. The lowest BCUT2D eigenvalue weighted by Gasteiger charge is -1.87. The number of nitrogens with one attached hydrogen (secondary N) is 1. The summed E-state index contributed by atoms with van der Waals surface area (Å²) in [6, 6.07) is 9.51. The first kappa shape index (κ1) is 8.12. The minimum Gasteiger partial charge on any atom is -0.608 e. The lowest BCUT2D eigenvalue weighted by molar-refractivity contribution is -0.153. The van der Waals surface area contributed by atoms with E-state index in [0.717, 1.165) is 5.56 Å². The molecule has 1 N–H and O–H groups in total. The maximum absolute atomic E-state index is 10.3. The van der Waals surface area contributed by atoms with Crippen molar-refractivity contribution in [2.75, 3.05) is 0 Å². The zero-order chi connectivity index (χ0) is 8.10. The number of hydrogen-bond acceptors (Lipinski definition) is 2. The zero-order valence-electron chi connectivity index (χ0n) is 5.90. The predicted molar refractivity (Wildman–Crippen MR) is 45.1 cm³/mol. The maximum Gasteiger partial charge on any atom is 0.191 e. The van der Waals surface area contributed by atoms with Crippen molar-refractivity contribution in [3.8, 4) is 0 Å². The monoisotopic (exact) mass is 165 g/mol. The van der Waals surface area contributed by atoms with Crippen LogP contribution in [0.15, 0.2) is 36.1 Å². The summed E-state index contributed by atoms with van der Waals surface area (Å²) in [7, 11) is -1.90. The molecule has 0 amide bonds. The van der Waals surface area contributed by atoms with Gasteiger partial charge in [-0.1, -0.05) is 30.3 Å². The summed E-state index contributed by atoms with van der Waals surface area (Å²) in [5.74, 6) is 1.38. The average molecular weight is 165 g/mol. The van der Waals surface area contributed by atoms with E-state index in [1.165, 1.54) is 5.82 Å². The van der Waals surface area contributed by atoms with Gasteiger partial charge in [0.2, 0.25) is 0 Å². The van der Waals surface area contributed by atoms with Crippen molar-refractivity contribution in [2.24, 2.45) is 0 Å². The number of hydrogen-bond donors (Lipinski definition) is 1. The van der Waals surface area contributed by atoms with E-state index in [1.807, 2.05) is 30.3 Å². The smallest absolute Gasteiger partial charge is 0.191 e. The molecule has 1 unspecified atom stereocenters. The van der Waals surface area contributed by atoms with E-state index in [2.05, 4.69) is 0 Å². The fourth-order valence-electron chi connectivity index (χ4n) is 0.718. The van der Waals surface area contributed by atoms with Crippen LogP contribution in [0.2, 0.25) is 0 Å². The van der Waals surface area contributed by atoms with Crippen LogP contribution in [0.4, 0.5) is 0 Å². The van der Waals surface area contributed by atoms with Crippen LogP contribution in [0.5, 0.6) is 0 Å². The van der Waals surface area contributed by atoms with Crippen molar-refractivity contribution in [3.05, 3.63) is 41.7 Å². The SMILES string of the molecule is N=[P+]([O-])C=Cc1ccccc1. The molecule has 0 fully saturated rings. The summed E-state index contributed by atoms with van der Waals surface area (Å²) < 4.78 is 0. The molecule has 1 atom stereocenters.